The molecule has 5 rings (SSSR count). The van der Waals surface area contributed by atoms with E-state index in [0.717, 1.165) is 11.1 Å². The lowest BCUT2D eigenvalue weighted by Crippen LogP contribution is -2.50. The van der Waals surface area contributed by atoms with Gasteiger partial charge in [-0.25, -0.2) is 19.2 Å². The summed E-state index contributed by atoms with van der Waals surface area (Å²) in [5, 5.41) is 10.7. The largest absolute Gasteiger partial charge is 0.446 e. The van der Waals surface area contributed by atoms with Gasteiger partial charge in [0.2, 0.25) is 0 Å². The van der Waals surface area contributed by atoms with Gasteiger partial charge in [-0.15, -0.1) is 0 Å². The van der Waals surface area contributed by atoms with Crippen LogP contribution in [0.15, 0.2) is 24.8 Å². The lowest BCUT2D eigenvalue weighted by molar-refractivity contribution is -0.0132. The number of amides is 1. The van der Waals surface area contributed by atoms with E-state index in [1.54, 1.807) is 17.4 Å². The number of aryl methyl sites for hydroxylation is 1. The number of H-pyrrole nitrogens is 1. The van der Waals surface area contributed by atoms with Gasteiger partial charge in [0.25, 0.3) is 0 Å². The number of carbonyl (C=O) groups is 1. The van der Waals surface area contributed by atoms with Gasteiger partial charge in [0.15, 0.2) is 0 Å². The van der Waals surface area contributed by atoms with Crippen molar-refractivity contribution < 1.29 is 13.9 Å². The van der Waals surface area contributed by atoms with E-state index in [0.29, 0.717) is 61.6 Å². The van der Waals surface area contributed by atoms with Crippen LogP contribution in [-0.2, 0) is 11.8 Å². The van der Waals surface area contributed by atoms with Crippen molar-refractivity contribution in [2.24, 2.45) is 7.05 Å². The molecule has 31 heavy (non-hydrogen) atoms. The number of hydrogen-bond acceptors (Lipinski definition) is 6. The summed E-state index contributed by atoms with van der Waals surface area (Å²) in [5.41, 5.74) is 3.35. The molecule has 1 saturated heterocycles. The van der Waals surface area contributed by atoms with Gasteiger partial charge in [-0.05, 0) is 6.07 Å². The molecule has 1 amide bonds. The minimum absolute atomic E-state index is 0.295. The van der Waals surface area contributed by atoms with E-state index >= 15 is 0 Å². The number of nitriles is 1. The molecular formula is C21H22FN7O2. The number of nitrogens with zero attached hydrogens (tertiary/aromatic N) is 6. The molecule has 0 aromatic carbocycles. The van der Waals surface area contributed by atoms with E-state index in [4.69, 9.17) is 4.74 Å². The van der Waals surface area contributed by atoms with Crippen LogP contribution in [0.5, 0.6) is 0 Å². The number of aromatic amines is 1. The third kappa shape index (κ3) is 3.46. The number of alkyl halides is 1. The average molecular weight is 423 g/mol. The van der Waals surface area contributed by atoms with Crippen molar-refractivity contribution in [3.05, 3.63) is 30.4 Å². The smallest absolute Gasteiger partial charge is 0.410 e. The molecule has 3 aromatic rings. The second kappa shape index (κ2) is 7.58. The molecule has 1 saturated carbocycles. The summed E-state index contributed by atoms with van der Waals surface area (Å²) in [5.74, 6) is 0. The first-order valence-corrected chi connectivity index (χ1v) is 10.3. The van der Waals surface area contributed by atoms with Crippen molar-refractivity contribution in [3.63, 3.8) is 0 Å². The second-order valence-corrected chi connectivity index (χ2v) is 8.01. The molecule has 0 atom stereocenters. The van der Waals surface area contributed by atoms with Crippen LogP contribution in [0.3, 0.4) is 0 Å². The molecule has 1 aliphatic carbocycles. The number of halogens is 1. The lowest BCUT2D eigenvalue weighted by atomic mass is 9.94. The summed E-state index contributed by atoms with van der Waals surface area (Å²) < 4.78 is 20.1. The predicted octanol–water partition coefficient (Wildman–Crippen LogP) is 2.59. The summed E-state index contributed by atoms with van der Waals surface area (Å²) in [6, 6.07) is 4.20. The van der Waals surface area contributed by atoms with Gasteiger partial charge in [0.05, 0.1) is 28.7 Å². The molecule has 1 N–H and O–H groups in total. The first kappa shape index (κ1) is 19.4. The van der Waals surface area contributed by atoms with Crippen LogP contribution in [0, 0.1) is 11.3 Å². The number of nitrogens with one attached hydrogen (secondary N) is 1. The highest BCUT2D eigenvalue weighted by Gasteiger charge is 2.34. The minimum atomic E-state index is -0.851. The van der Waals surface area contributed by atoms with Crippen LogP contribution in [0.2, 0.25) is 0 Å². The second-order valence-electron chi connectivity index (χ2n) is 8.01. The Hall–Kier alpha value is -3.61. The van der Waals surface area contributed by atoms with E-state index in [1.165, 1.54) is 0 Å². The van der Waals surface area contributed by atoms with Gasteiger partial charge >= 0.3 is 6.09 Å². The Morgan fingerprint density at radius 2 is 2.06 bits per heavy atom. The molecule has 10 heteroatoms. The van der Waals surface area contributed by atoms with Gasteiger partial charge in [0.1, 0.15) is 29.7 Å². The Labute approximate surface area is 178 Å². The molecule has 4 heterocycles. The summed E-state index contributed by atoms with van der Waals surface area (Å²) in [6.45, 7) is 2.18. The molecule has 3 aromatic heterocycles. The maximum absolute atomic E-state index is 13.0. The van der Waals surface area contributed by atoms with Gasteiger partial charge in [-0.1, -0.05) is 0 Å². The Morgan fingerprint density at radius 1 is 1.29 bits per heavy atom. The Bertz CT molecular complexity index is 1170. The Morgan fingerprint density at radius 3 is 2.71 bits per heavy atom. The molecular weight excluding hydrogens is 401 g/mol. The topological polar surface area (TPSA) is 103 Å². The fourth-order valence-electron chi connectivity index (χ4n) is 4.15. The molecule has 160 valence electrons. The SMILES string of the molecule is Cn1cnc(-c2[nH]c3nccc(N4CCN(C(=O)O[C@H]5C[C@H](F)C5)CC4)c3c2C#N)c1. The lowest BCUT2D eigenvalue weighted by Gasteiger charge is -2.37. The molecule has 9 nitrogen and oxygen atoms in total. The fourth-order valence-corrected chi connectivity index (χ4v) is 4.15. The van der Waals surface area contributed by atoms with Crippen molar-refractivity contribution in [2.75, 3.05) is 31.1 Å². The van der Waals surface area contributed by atoms with E-state index in [9.17, 15) is 14.4 Å². The Kier molecular flexibility index (Phi) is 4.73. The van der Waals surface area contributed by atoms with Crippen molar-refractivity contribution in [1.82, 2.24) is 24.4 Å². The molecule has 0 bridgehead atoms. The van der Waals surface area contributed by atoms with Crippen molar-refractivity contribution in [3.8, 4) is 17.5 Å². The third-order valence-electron chi connectivity index (χ3n) is 5.93. The van der Waals surface area contributed by atoms with Crippen LogP contribution < -0.4 is 4.90 Å². The van der Waals surface area contributed by atoms with Crippen LogP contribution in [0.25, 0.3) is 22.4 Å². The zero-order valence-corrected chi connectivity index (χ0v) is 17.1. The summed E-state index contributed by atoms with van der Waals surface area (Å²) in [7, 11) is 1.88. The maximum atomic E-state index is 13.0. The summed E-state index contributed by atoms with van der Waals surface area (Å²) >= 11 is 0. The number of hydrogen-bond donors (Lipinski definition) is 1. The molecule has 2 fully saturated rings. The fraction of sp³-hybridized carbons (Fsp3) is 0.429. The Balaban J connectivity index is 1.37. The van der Waals surface area contributed by atoms with Crippen molar-refractivity contribution >= 4 is 22.8 Å². The number of ether oxygens (including phenoxy) is 1. The van der Waals surface area contributed by atoms with Crippen LogP contribution in [0.1, 0.15) is 18.4 Å². The highest BCUT2D eigenvalue weighted by Crippen LogP contribution is 2.35. The number of carbonyl (C=O) groups excluding carboxylic acids is 1. The number of anilines is 1. The number of fused-ring (bicyclic) bond motifs is 1. The molecule has 0 unspecified atom stereocenters. The summed E-state index contributed by atoms with van der Waals surface area (Å²) in [6.07, 6.45) is 4.30. The number of aromatic nitrogens is 4. The average Bonchev–Trinajstić information content (AvgIpc) is 3.35. The summed E-state index contributed by atoms with van der Waals surface area (Å²) in [4.78, 5) is 28.1. The molecule has 1 aliphatic heterocycles. The van der Waals surface area contributed by atoms with Crippen LogP contribution >= 0.6 is 0 Å². The number of piperazine rings is 1. The number of imidazole rings is 1. The van der Waals surface area contributed by atoms with Crippen LogP contribution in [-0.4, -0.2) is 69.0 Å². The van der Waals surface area contributed by atoms with Gasteiger partial charge in [-0.3, -0.25) is 0 Å². The van der Waals surface area contributed by atoms with E-state index in [1.807, 2.05) is 23.9 Å². The molecule has 0 spiro atoms. The number of rotatable bonds is 3. The van der Waals surface area contributed by atoms with E-state index in [-0.39, 0.29) is 12.2 Å². The maximum Gasteiger partial charge on any atom is 0.410 e. The van der Waals surface area contributed by atoms with E-state index < -0.39 is 6.17 Å². The molecule has 2 aliphatic rings. The highest BCUT2D eigenvalue weighted by molar-refractivity contribution is 5.99. The zero-order valence-electron chi connectivity index (χ0n) is 17.1. The normalized spacial score (nSPS) is 21.1. The quantitative estimate of drug-likeness (QED) is 0.695. The zero-order chi connectivity index (χ0) is 21.5. The first-order chi connectivity index (χ1) is 15.0. The minimum Gasteiger partial charge on any atom is -0.446 e. The predicted molar refractivity (Wildman–Crippen MR) is 111 cm³/mol. The third-order valence-corrected chi connectivity index (χ3v) is 5.93. The van der Waals surface area contributed by atoms with Crippen molar-refractivity contribution in [1.29, 1.82) is 5.26 Å². The standard InChI is InChI=1S/C21H22FN7O2/c1-27-11-16(25-12-27)19-15(10-23)18-17(2-3-24-20(18)26-19)28-4-6-29(7-5-28)21(30)31-14-8-13(22)9-14/h2-3,11-14H,4-9H2,1H3,(H,24,26)/t13-,14-. The monoisotopic (exact) mass is 423 g/mol. The number of pyridine rings is 1. The first-order valence-electron chi connectivity index (χ1n) is 10.3. The van der Waals surface area contributed by atoms with Crippen LogP contribution in [0.4, 0.5) is 14.9 Å². The molecule has 0 radical (unpaired) electrons. The highest BCUT2D eigenvalue weighted by atomic mass is 19.1. The van der Waals surface area contributed by atoms with Gasteiger partial charge in [0, 0.05) is 58.5 Å². The van der Waals surface area contributed by atoms with E-state index in [2.05, 4.69) is 25.9 Å². The van der Waals surface area contributed by atoms with Crippen molar-refractivity contribution in [2.45, 2.75) is 25.1 Å². The van der Waals surface area contributed by atoms with Gasteiger partial charge < -0.3 is 24.1 Å². The van der Waals surface area contributed by atoms with Gasteiger partial charge in [-0.2, -0.15) is 5.26 Å².